The topological polar surface area (TPSA) is 127 Å². The van der Waals surface area contributed by atoms with Crippen LogP contribution in [0.4, 0.5) is 0 Å². The molecule has 0 radical (unpaired) electrons. The van der Waals surface area contributed by atoms with Crippen molar-refractivity contribution in [3.8, 4) is 0 Å². The molecule has 6 rings (SSSR count). The Kier molecular flexibility index (Phi) is 5.94. The van der Waals surface area contributed by atoms with Gasteiger partial charge in [-0.15, -0.1) is 5.06 Å². The number of ether oxygens (including phenoxy) is 3. The van der Waals surface area contributed by atoms with Crippen LogP contribution in [0, 0.1) is 23.7 Å². The second kappa shape index (κ2) is 8.54. The van der Waals surface area contributed by atoms with Crippen molar-refractivity contribution < 1.29 is 48.0 Å². The first-order valence-corrected chi connectivity index (χ1v) is 12.1. The number of imide groups is 1. The zero-order chi connectivity index (χ0) is 24.3. The molecule has 188 valence electrons. The molecule has 0 unspecified atom stereocenters. The van der Waals surface area contributed by atoms with Gasteiger partial charge in [0.2, 0.25) is 12.1 Å². The number of amides is 2. The van der Waals surface area contributed by atoms with Crippen LogP contribution in [0.25, 0.3) is 0 Å². The SMILES string of the molecule is C[C@H]1[C@H](OC(=O)CCC(=O)ON2C(=O)CCC2=O)O[C@@H]2O[C@]3(C)CC[C@H]4[C@H](C)CC[C@@H]1[C@]24OO3. The molecule has 1 saturated carbocycles. The maximum atomic E-state index is 12.5. The number of hydrogen-bond donors (Lipinski definition) is 0. The average molecular weight is 481 g/mol. The summed E-state index contributed by atoms with van der Waals surface area (Å²) in [7, 11) is 0. The summed E-state index contributed by atoms with van der Waals surface area (Å²) in [5, 5.41) is 0.459. The quantitative estimate of drug-likeness (QED) is 0.327. The maximum absolute atomic E-state index is 12.5. The zero-order valence-corrected chi connectivity index (χ0v) is 19.7. The predicted molar refractivity (Wildman–Crippen MR) is 109 cm³/mol. The molecular weight excluding hydrogens is 450 g/mol. The molecule has 5 saturated heterocycles. The summed E-state index contributed by atoms with van der Waals surface area (Å²) >= 11 is 0. The summed E-state index contributed by atoms with van der Waals surface area (Å²) in [6.45, 7) is 6.00. The lowest BCUT2D eigenvalue weighted by atomic mass is 9.58. The van der Waals surface area contributed by atoms with Crippen LogP contribution in [-0.4, -0.2) is 52.8 Å². The highest BCUT2D eigenvalue weighted by Crippen LogP contribution is 2.60. The molecule has 2 amide bonds. The minimum atomic E-state index is -0.930. The Bertz CT molecular complexity index is 877. The van der Waals surface area contributed by atoms with Gasteiger partial charge in [-0.25, -0.2) is 14.6 Å². The van der Waals surface area contributed by atoms with E-state index in [4.69, 9.17) is 28.8 Å². The van der Waals surface area contributed by atoms with Gasteiger partial charge in [0.05, 0.1) is 12.8 Å². The van der Waals surface area contributed by atoms with E-state index in [2.05, 4.69) is 6.92 Å². The maximum Gasteiger partial charge on any atom is 0.333 e. The summed E-state index contributed by atoms with van der Waals surface area (Å²) in [6.07, 6.45) is 1.25. The summed E-state index contributed by atoms with van der Waals surface area (Å²) in [4.78, 5) is 64.3. The molecule has 1 spiro atoms. The fraction of sp³-hybridized carbons (Fsp3) is 0.826. The van der Waals surface area contributed by atoms with Gasteiger partial charge >= 0.3 is 11.9 Å². The first-order valence-electron chi connectivity index (χ1n) is 12.1. The molecule has 0 aromatic heterocycles. The van der Waals surface area contributed by atoms with Crippen molar-refractivity contribution in [2.45, 2.75) is 96.1 Å². The van der Waals surface area contributed by atoms with Crippen molar-refractivity contribution in [3.05, 3.63) is 0 Å². The highest BCUT2D eigenvalue weighted by atomic mass is 17.3. The number of nitrogens with zero attached hydrogens (tertiary/aromatic N) is 1. The first kappa shape index (κ1) is 23.7. The van der Waals surface area contributed by atoms with Crippen LogP contribution >= 0.6 is 0 Å². The molecule has 0 aromatic rings. The number of esters is 1. The van der Waals surface area contributed by atoms with Crippen LogP contribution in [-0.2, 0) is 48.0 Å². The Morgan fingerprint density at radius 1 is 1.00 bits per heavy atom. The van der Waals surface area contributed by atoms with E-state index >= 15 is 0 Å². The van der Waals surface area contributed by atoms with Crippen molar-refractivity contribution >= 4 is 23.8 Å². The van der Waals surface area contributed by atoms with Crippen LogP contribution in [0.15, 0.2) is 0 Å². The molecule has 34 heavy (non-hydrogen) atoms. The van der Waals surface area contributed by atoms with Gasteiger partial charge in [-0.2, -0.15) is 0 Å². The smallest absolute Gasteiger partial charge is 0.333 e. The van der Waals surface area contributed by atoms with E-state index in [0.717, 1.165) is 19.3 Å². The predicted octanol–water partition coefficient (Wildman–Crippen LogP) is 2.12. The van der Waals surface area contributed by atoms with Gasteiger partial charge in [0.15, 0.2) is 11.9 Å². The van der Waals surface area contributed by atoms with E-state index in [1.807, 2.05) is 13.8 Å². The average Bonchev–Trinajstić information content (AvgIpc) is 2.95. The number of hydrogen-bond acceptors (Lipinski definition) is 10. The van der Waals surface area contributed by atoms with Gasteiger partial charge in [-0.05, 0) is 38.0 Å². The lowest BCUT2D eigenvalue weighted by molar-refractivity contribution is -0.576. The largest absolute Gasteiger partial charge is 0.435 e. The summed E-state index contributed by atoms with van der Waals surface area (Å²) in [6, 6.07) is 0. The molecule has 2 bridgehead atoms. The van der Waals surface area contributed by atoms with E-state index in [0.29, 0.717) is 17.4 Å². The third-order valence-electron chi connectivity index (χ3n) is 8.08. The Morgan fingerprint density at radius 3 is 2.44 bits per heavy atom. The van der Waals surface area contributed by atoms with Crippen molar-refractivity contribution in [1.82, 2.24) is 5.06 Å². The molecule has 0 aromatic carbocycles. The van der Waals surface area contributed by atoms with Crippen molar-refractivity contribution in [2.75, 3.05) is 0 Å². The van der Waals surface area contributed by atoms with Gasteiger partial charge in [-0.1, -0.05) is 13.8 Å². The minimum Gasteiger partial charge on any atom is -0.435 e. The Hall–Kier alpha value is -2.08. The van der Waals surface area contributed by atoms with Gasteiger partial charge in [0.25, 0.3) is 11.8 Å². The third-order valence-corrected chi connectivity index (χ3v) is 8.08. The molecule has 1 aliphatic carbocycles. The lowest BCUT2D eigenvalue weighted by Gasteiger charge is -2.59. The van der Waals surface area contributed by atoms with Crippen LogP contribution in [0.1, 0.15) is 72.1 Å². The second-order valence-electron chi connectivity index (χ2n) is 10.3. The van der Waals surface area contributed by atoms with Crippen LogP contribution in [0.5, 0.6) is 0 Å². The van der Waals surface area contributed by atoms with Gasteiger partial charge in [0, 0.05) is 31.1 Å². The number of hydroxylamine groups is 2. The zero-order valence-electron chi connectivity index (χ0n) is 19.7. The molecule has 11 heteroatoms. The molecule has 6 fully saturated rings. The number of fused-ring (bicyclic) bond motifs is 2. The van der Waals surface area contributed by atoms with E-state index in [-0.39, 0.29) is 43.4 Å². The van der Waals surface area contributed by atoms with Crippen molar-refractivity contribution in [2.24, 2.45) is 23.7 Å². The highest BCUT2D eigenvalue weighted by Gasteiger charge is 2.69. The number of rotatable bonds is 5. The normalized spacial score (nSPS) is 43.3. The summed E-state index contributed by atoms with van der Waals surface area (Å²) in [5.41, 5.74) is -0.755. The third kappa shape index (κ3) is 3.82. The fourth-order valence-electron chi connectivity index (χ4n) is 6.20. The second-order valence-corrected chi connectivity index (χ2v) is 10.3. The van der Waals surface area contributed by atoms with E-state index < -0.39 is 47.7 Å². The highest BCUT2D eigenvalue weighted by molar-refractivity contribution is 6.01. The lowest BCUT2D eigenvalue weighted by Crippen LogP contribution is -2.70. The van der Waals surface area contributed by atoms with E-state index in [1.165, 1.54) is 0 Å². The molecular formula is C23H31NO10. The number of carbonyl (C=O) groups excluding carboxylic acids is 4. The first-order chi connectivity index (χ1) is 16.1. The Balaban J connectivity index is 1.23. The fourth-order valence-corrected chi connectivity index (χ4v) is 6.20. The molecule has 5 heterocycles. The Morgan fingerprint density at radius 2 is 1.71 bits per heavy atom. The van der Waals surface area contributed by atoms with Gasteiger partial charge in [0.1, 0.15) is 0 Å². The molecule has 5 aliphatic heterocycles. The standard InChI is InChI=1S/C23H31NO10/c1-12-4-5-15-13(2)20(30-21-23(15)14(12)10-11-22(3,31-21)33-34-23)29-18(27)8-9-19(28)32-24-16(25)6-7-17(24)26/h12-15,20-21H,4-11H2,1-3H3/t12-,13-,14+,15+,20-,21-,22+,23+/m1/s1. The number of carbonyl (C=O) groups is 4. The molecule has 0 N–H and O–H groups in total. The van der Waals surface area contributed by atoms with E-state index in [1.54, 1.807) is 0 Å². The van der Waals surface area contributed by atoms with Gasteiger partial charge in [-0.3, -0.25) is 14.4 Å². The molecule has 8 atom stereocenters. The molecule has 11 nitrogen and oxygen atoms in total. The minimum absolute atomic E-state index is 0.00436. The molecule has 6 aliphatic rings. The summed E-state index contributed by atoms with van der Waals surface area (Å²) in [5.74, 6) is -3.14. The summed E-state index contributed by atoms with van der Waals surface area (Å²) < 4.78 is 18.0. The van der Waals surface area contributed by atoms with Crippen LogP contribution in [0.2, 0.25) is 0 Å². The van der Waals surface area contributed by atoms with E-state index in [9.17, 15) is 19.2 Å². The van der Waals surface area contributed by atoms with Crippen molar-refractivity contribution in [3.63, 3.8) is 0 Å². The van der Waals surface area contributed by atoms with Crippen LogP contribution in [0.3, 0.4) is 0 Å². The van der Waals surface area contributed by atoms with Crippen molar-refractivity contribution in [1.29, 1.82) is 0 Å². The van der Waals surface area contributed by atoms with Crippen LogP contribution < -0.4 is 0 Å². The Labute approximate surface area is 197 Å². The van der Waals surface area contributed by atoms with Gasteiger partial charge < -0.3 is 19.0 Å². The monoisotopic (exact) mass is 481 g/mol.